The number of nitrogens with zero attached hydrogens (tertiary/aromatic N) is 2. The number of carbonyl (C=O) groups excluding carboxylic acids is 1. The van der Waals surface area contributed by atoms with Crippen molar-refractivity contribution < 1.29 is 13.9 Å². The molecule has 1 amide bonds. The molecule has 2 aromatic carbocycles. The van der Waals surface area contributed by atoms with Crippen molar-refractivity contribution in [3.8, 4) is 5.75 Å². The van der Waals surface area contributed by atoms with Crippen LogP contribution in [0.2, 0.25) is 0 Å². The van der Waals surface area contributed by atoms with Crippen LogP contribution < -0.4 is 10.1 Å². The smallest absolute Gasteiger partial charge is 0.255 e. The van der Waals surface area contributed by atoms with Crippen molar-refractivity contribution in [3.63, 3.8) is 0 Å². The number of rotatable bonds is 6. The van der Waals surface area contributed by atoms with E-state index in [-0.39, 0.29) is 17.8 Å². The minimum atomic E-state index is -0.256. The van der Waals surface area contributed by atoms with Gasteiger partial charge in [0.15, 0.2) is 0 Å². The second kappa shape index (κ2) is 8.97. The highest BCUT2D eigenvalue weighted by Gasteiger charge is 2.25. The summed E-state index contributed by atoms with van der Waals surface area (Å²) < 4.78 is 18.6. The summed E-state index contributed by atoms with van der Waals surface area (Å²) in [5.41, 5.74) is 1.51. The molecule has 0 saturated carbocycles. The van der Waals surface area contributed by atoms with Crippen LogP contribution in [0.5, 0.6) is 5.75 Å². The number of halogens is 1. The van der Waals surface area contributed by atoms with Gasteiger partial charge in [0, 0.05) is 32.7 Å². The second-order valence-corrected chi connectivity index (χ2v) is 6.82. The Hall–Kier alpha value is -2.44. The number of hydrogen-bond acceptors (Lipinski definition) is 4. The number of likely N-dealkylation sites (N-methyl/N-ethyl adjacent to an activating group) is 1. The fraction of sp³-hybridized carbons (Fsp3) is 0.381. The molecule has 0 spiro atoms. The lowest BCUT2D eigenvalue weighted by atomic mass is 10.0. The van der Waals surface area contributed by atoms with Crippen molar-refractivity contribution in [2.45, 2.75) is 6.04 Å². The molecule has 0 radical (unpaired) electrons. The van der Waals surface area contributed by atoms with Crippen LogP contribution in [0.25, 0.3) is 0 Å². The van der Waals surface area contributed by atoms with E-state index in [4.69, 9.17) is 4.74 Å². The highest BCUT2D eigenvalue weighted by atomic mass is 19.1. The van der Waals surface area contributed by atoms with E-state index < -0.39 is 0 Å². The summed E-state index contributed by atoms with van der Waals surface area (Å²) in [6, 6.07) is 13.7. The first-order valence-corrected chi connectivity index (χ1v) is 9.17. The van der Waals surface area contributed by atoms with E-state index in [1.54, 1.807) is 31.4 Å². The maximum absolute atomic E-state index is 13.4. The number of para-hydroxylation sites is 1. The molecule has 0 aromatic heterocycles. The topological polar surface area (TPSA) is 44.8 Å². The molecule has 2 aromatic rings. The fourth-order valence-electron chi connectivity index (χ4n) is 3.39. The molecule has 5 nitrogen and oxygen atoms in total. The average Bonchev–Trinajstić information content (AvgIpc) is 2.70. The van der Waals surface area contributed by atoms with Gasteiger partial charge in [-0.3, -0.25) is 9.69 Å². The Morgan fingerprint density at radius 1 is 1.11 bits per heavy atom. The molecule has 1 N–H and O–H groups in total. The Kier molecular flexibility index (Phi) is 6.42. The van der Waals surface area contributed by atoms with Gasteiger partial charge in [0.25, 0.3) is 5.91 Å². The molecule has 6 heteroatoms. The van der Waals surface area contributed by atoms with E-state index in [0.29, 0.717) is 17.9 Å². The highest BCUT2D eigenvalue weighted by molar-refractivity contribution is 5.96. The summed E-state index contributed by atoms with van der Waals surface area (Å²) in [4.78, 5) is 17.3. The summed E-state index contributed by atoms with van der Waals surface area (Å²) >= 11 is 0. The molecule has 1 saturated heterocycles. The number of nitrogens with one attached hydrogen (secondary N) is 1. The van der Waals surface area contributed by atoms with E-state index in [9.17, 15) is 9.18 Å². The maximum Gasteiger partial charge on any atom is 0.255 e. The van der Waals surface area contributed by atoms with Crippen molar-refractivity contribution in [3.05, 3.63) is 65.5 Å². The third-order valence-electron chi connectivity index (χ3n) is 5.04. The molecule has 1 atom stereocenters. The lowest BCUT2D eigenvalue weighted by Crippen LogP contribution is -2.48. The first kappa shape index (κ1) is 19.3. The molecular formula is C21H26FN3O2. The first-order valence-electron chi connectivity index (χ1n) is 9.17. The van der Waals surface area contributed by atoms with Gasteiger partial charge in [-0.05, 0) is 36.9 Å². The molecule has 1 aliphatic heterocycles. The molecule has 3 rings (SSSR count). The van der Waals surface area contributed by atoms with Crippen LogP contribution in [0.4, 0.5) is 4.39 Å². The predicted molar refractivity (Wildman–Crippen MR) is 104 cm³/mol. The third-order valence-corrected chi connectivity index (χ3v) is 5.04. The minimum absolute atomic E-state index is 0.00189. The Morgan fingerprint density at radius 3 is 2.44 bits per heavy atom. The normalized spacial score (nSPS) is 16.7. The molecule has 1 aliphatic rings. The quantitative estimate of drug-likeness (QED) is 0.848. The van der Waals surface area contributed by atoms with Gasteiger partial charge in [0.05, 0.1) is 18.7 Å². The number of hydrogen-bond donors (Lipinski definition) is 1. The summed E-state index contributed by atoms with van der Waals surface area (Å²) in [6.07, 6.45) is 0. The number of ether oxygens (including phenoxy) is 1. The lowest BCUT2D eigenvalue weighted by Gasteiger charge is -2.38. The summed E-state index contributed by atoms with van der Waals surface area (Å²) in [6.45, 7) is 4.20. The van der Waals surface area contributed by atoms with Gasteiger partial charge in [-0.1, -0.05) is 24.3 Å². The maximum atomic E-state index is 13.4. The van der Waals surface area contributed by atoms with Gasteiger partial charge in [-0.15, -0.1) is 0 Å². The van der Waals surface area contributed by atoms with Crippen LogP contribution in [0.15, 0.2) is 48.5 Å². The van der Waals surface area contributed by atoms with Gasteiger partial charge < -0.3 is 15.0 Å². The molecule has 0 bridgehead atoms. The zero-order valence-corrected chi connectivity index (χ0v) is 15.8. The van der Waals surface area contributed by atoms with E-state index >= 15 is 0 Å². The number of benzene rings is 2. The van der Waals surface area contributed by atoms with Crippen molar-refractivity contribution >= 4 is 5.91 Å². The number of carbonyl (C=O) groups is 1. The first-order chi connectivity index (χ1) is 13.1. The van der Waals surface area contributed by atoms with Crippen LogP contribution in [0, 0.1) is 5.82 Å². The average molecular weight is 371 g/mol. The minimum Gasteiger partial charge on any atom is -0.496 e. The van der Waals surface area contributed by atoms with Crippen LogP contribution in [0.3, 0.4) is 0 Å². The van der Waals surface area contributed by atoms with E-state index in [0.717, 1.165) is 31.7 Å². The highest BCUT2D eigenvalue weighted by Crippen LogP contribution is 2.23. The SMILES string of the molecule is COc1ccccc1C(=O)NC[C@H](c1ccc(F)cc1)N1CCN(C)CC1. The number of piperazine rings is 1. The van der Waals surface area contributed by atoms with Crippen LogP contribution >= 0.6 is 0 Å². The van der Waals surface area contributed by atoms with Gasteiger partial charge in [0.1, 0.15) is 11.6 Å². The molecule has 144 valence electrons. The fourth-order valence-corrected chi connectivity index (χ4v) is 3.39. The zero-order chi connectivity index (χ0) is 19.2. The van der Waals surface area contributed by atoms with E-state index in [1.807, 2.05) is 12.1 Å². The van der Waals surface area contributed by atoms with Crippen LogP contribution in [0.1, 0.15) is 22.0 Å². The Labute approximate surface area is 159 Å². The number of methoxy groups -OCH3 is 1. The van der Waals surface area contributed by atoms with E-state index in [1.165, 1.54) is 12.1 Å². The van der Waals surface area contributed by atoms with Gasteiger partial charge in [-0.2, -0.15) is 0 Å². The molecular weight excluding hydrogens is 345 g/mol. The van der Waals surface area contributed by atoms with Crippen LogP contribution in [-0.4, -0.2) is 62.6 Å². The van der Waals surface area contributed by atoms with Crippen molar-refractivity contribution in [2.75, 3.05) is 46.9 Å². The van der Waals surface area contributed by atoms with Crippen molar-refractivity contribution in [1.82, 2.24) is 15.1 Å². The number of amides is 1. The summed E-state index contributed by atoms with van der Waals surface area (Å²) in [5, 5.41) is 3.03. The zero-order valence-electron chi connectivity index (χ0n) is 15.8. The lowest BCUT2D eigenvalue weighted by molar-refractivity contribution is 0.0883. The molecule has 27 heavy (non-hydrogen) atoms. The molecule has 1 fully saturated rings. The third kappa shape index (κ3) is 4.84. The Morgan fingerprint density at radius 2 is 1.78 bits per heavy atom. The van der Waals surface area contributed by atoms with Crippen LogP contribution in [-0.2, 0) is 0 Å². The monoisotopic (exact) mass is 371 g/mol. The molecule has 0 unspecified atom stereocenters. The summed E-state index contributed by atoms with van der Waals surface area (Å²) in [5.74, 6) is 0.121. The van der Waals surface area contributed by atoms with Gasteiger partial charge in [-0.25, -0.2) is 4.39 Å². The Balaban J connectivity index is 1.75. The molecule has 0 aliphatic carbocycles. The van der Waals surface area contributed by atoms with Gasteiger partial charge in [0.2, 0.25) is 0 Å². The molecule has 1 heterocycles. The largest absolute Gasteiger partial charge is 0.496 e. The van der Waals surface area contributed by atoms with Crippen molar-refractivity contribution in [2.24, 2.45) is 0 Å². The predicted octanol–water partition coefficient (Wildman–Crippen LogP) is 2.55. The second-order valence-electron chi connectivity index (χ2n) is 6.82. The van der Waals surface area contributed by atoms with Crippen molar-refractivity contribution in [1.29, 1.82) is 0 Å². The van der Waals surface area contributed by atoms with E-state index in [2.05, 4.69) is 22.2 Å². The standard InChI is InChI=1S/C21H26FN3O2/c1-24-11-13-25(14-12-24)19(16-7-9-17(22)10-8-16)15-23-21(26)18-5-3-4-6-20(18)27-2/h3-10,19H,11-15H2,1-2H3,(H,23,26)/t19-/m1/s1. The Bertz CT molecular complexity index is 758. The van der Waals surface area contributed by atoms with Gasteiger partial charge >= 0.3 is 0 Å². The summed E-state index contributed by atoms with van der Waals surface area (Å²) in [7, 11) is 3.66.